The first-order valence-electron chi connectivity index (χ1n) is 9.60. The Morgan fingerprint density at radius 1 is 1.28 bits per heavy atom. The second-order valence-electron chi connectivity index (χ2n) is 6.70. The highest BCUT2D eigenvalue weighted by atomic mass is 16.5. The number of hydrogen-bond donors (Lipinski definition) is 3. The van der Waals surface area contributed by atoms with Crippen LogP contribution in [0.1, 0.15) is 36.6 Å². The molecule has 152 valence electrons. The molecule has 0 aromatic heterocycles. The summed E-state index contributed by atoms with van der Waals surface area (Å²) in [4.78, 5) is 12.3. The van der Waals surface area contributed by atoms with Gasteiger partial charge in [0.25, 0.3) is 5.91 Å². The fourth-order valence-corrected chi connectivity index (χ4v) is 2.82. The van der Waals surface area contributed by atoms with E-state index in [-0.39, 0.29) is 17.4 Å². The van der Waals surface area contributed by atoms with E-state index in [9.17, 15) is 15.2 Å². The molecule has 0 aliphatic heterocycles. The highest BCUT2D eigenvalue weighted by Gasteiger charge is 2.13. The van der Waals surface area contributed by atoms with Gasteiger partial charge in [-0.25, -0.2) is 0 Å². The molecule has 1 atom stereocenters. The minimum Gasteiger partial charge on any atom is -0.508 e. The van der Waals surface area contributed by atoms with E-state index in [0.29, 0.717) is 19.6 Å². The van der Waals surface area contributed by atoms with Crippen LogP contribution in [0, 0.1) is 18.3 Å². The summed E-state index contributed by atoms with van der Waals surface area (Å²) in [6.07, 6.45) is 2.05. The predicted octanol–water partition coefficient (Wildman–Crippen LogP) is 3.52. The van der Waals surface area contributed by atoms with Gasteiger partial charge in [-0.05, 0) is 51.0 Å². The van der Waals surface area contributed by atoms with Crippen LogP contribution in [0.2, 0.25) is 0 Å². The molecule has 0 saturated heterocycles. The lowest BCUT2D eigenvalue weighted by atomic mass is 10.0. The van der Waals surface area contributed by atoms with Crippen LogP contribution < -0.4 is 15.4 Å². The summed E-state index contributed by atoms with van der Waals surface area (Å²) < 4.78 is 5.68. The third-order valence-corrected chi connectivity index (χ3v) is 4.41. The molecule has 0 fully saturated rings. The van der Waals surface area contributed by atoms with Crippen LogP contribution in [0.3, 0.4) is 0 Å². The van der Waals surface area contributed by atoms with Crippen molar-refractivity contribution in [2.45, 2.75) is 33.2 Å². The number of aryl methyl sites for hydroxylation is 1. The Kier molecular flexibility index (Phi) is 8.11. The summed E-state index contributed by atoms with van der Waals surface area (Å²) in [6, 6.07) is 14.5. The maximum absolute atomic E-state index is 12.3. The van der Waals surface area contributed by atoms with Crippen LogP contribution in [0.5, 0.6) is 11.5 Å². The van der Waals surface area contributed by atoms with Gasteiger partial charge in [0, 0.05) is 18.3 Å². The molecule has 0 saturated carbocycles. The molecule has 0 radical (unpaired) electrons. The van der Waals surface area contributed by atoms with E-state index in [2.05, 4.69) is 10.6 Å². The third-order valence-electron chi connectivity index (χ3n) is 4.41. The first-order chi connectivity index (χ1) is 13.9. The molecule has 1 unspecified atom stereocenters. The highest BCUT2D eigenvalue weighted by Crippen LogP contribution is 2.26. The second kappa shape index (κ2) is 10.8. The van der Waals surface area contributed by atoms with Gasteiger partial charge in [-0.1, -0.05) is 29.8 Å². The number of phenols is 1. The number of nitrogens with one attached hydrogen (secondary N) is 2. The van der Waals surface area contributed by atoms with Crippen LogP contribution in [-0.2, 0) is 11.2 Å². The number of amides is 1. The molecule has 0 bridgehead atoms. The van der Waals surface area contributed by atoms with Crippen LogP contribution >= 0.6 is 0 Å². The molecule has 29 heavy (non-hydrogen) atoms. The maximum Gasteiger partial charge on any atom is 0.263 e. The molecular weight excluding hydrogens is 366 g/mol. The monoisotopic (exact) mass is 393 g/mol. The molecule has 6 nitrogen and oxygen atoms in total. The molecule has 2 aromatic rings. The number of carbonyl (C=O) groups is 1. The van der Waals surface area contributed by atoms with Gasteiger partial charge in [-0.15, -0.1) is 0 Å². The Morgan fingerprint density at radius 3 is 2.66 bits per heavy atom. The van der Waals surface area contributed by atoms with Crippen molar-refractivity contribution in [3.8, 4) is 17.6 Å². The van der Waals surface area contributed by atoms with Gasteiger partial charge in [0.05, 0.1) is 12.6 Å². The SMILES string of the molecule is CCOc1ccc(C)cc1C(C)N/C=C(/C#N)C(=O)NCCc1ccc(O)cc1. The summed E-state index contributed by atoms with van der Waals surface area (Å²) in [5.74, 6) is 0.553. The van der Waals surface area contributed by atoms with E-state index in [1.165, 1.54) is 6.20 Å². The molecular formula is C23H27N3O3. The molecule has 1 amide bonds. The van der Waals surface area contributed by atoms with E-state index in [1.54, 1.807) is 24.3 Å². The lowest BCUT2D eigenvalue weighted by Crippen LogP contribution is -2.28. The molecule has 0 spiro atoms. The van der Waals surface area contributed by atoms with E-state index in [0.717, 1.165) is 22.4 Å². The Labute approximate surface area is 171 Å². The molecule has 6 heteroatoms. The molecule has 2 rings (SSSR count). The number of hydrogen-bond acceptors (Lipinski definition) is 5. The smallest absolute Gasteiger partial charge is 0.263 e. The first-order valence-corrected chi connectivity index (χ1v) is 9.60. The molecule has 2 aromatic carbocycles. The predicted molar refractivity (Wildman–Crippen MR) is 112 cm³/mol. The van der Waals surface area contributed by atoms with Gasteiger partial charge in [-0.2, -0.15) is 5.26 Å². The second-order valence-corrected chi connectivity index (χ2v) is 6.70. The van der Waals surface area contributed by atoms with Crippen LogP contribution in [0.25, 0.3) is 0 Å². The van der Waals surface area contributed by atoms with Gasteiger partial charge in [0.1, 0.15) is 23.1 Å². The van der Waals surface area contributed by atoms with Gasteiger partial charge in [0.15, 0.2) is 0 Å². The zero-order valence-electron chi connectivity index (χ0n) is 17.0. The lowest BCUT2D eigenvalue weighted by molar-refractivity contribution is -0.117. The average molecular weight is 393 g/mol. The summed E-state index contributed by atoms with van der Waals surface area (Å²) >= 11 is 0. The Bertz CT molecular complexity index is 899. The van der Waals surface area contributed by atoms with Crippen LogP contribution in [-0.4, -0.2) is 24.2 Å². The van der Waals surface area contributed by atoms with Crippen molar-refractivity contribution < 1.29 is 14.6 Å². The summed E-state index contributed by atoms with van der Waals surface area (Å²) in [5.41, 5.74) is 3.06. The molecule has 0 heterocycles. The number of nitriles is 1. The Hall–Kier alpha value is -3.46. The van der Waals surface area contributed by atoms with Gasteiger partial charge >= 0.3 is 0 Å². The van der Waals surface area contributed by atoms with Crippen molar-refractivity contribution in [3.05, 3.63) is 70.9 Å². The number of phenolic OH excluding ortho intramolecular Hbond substituents is 1. The fraction of sp³-hybridized carbons (Fsp3) is 0.304. The maximum atomic E-state index is 12.3. The number of nitrogens with zero attached hydrogens (tertiary/aromatic N) is 1. The van der Waals surface area contributed by atoms with Crippen LogP contribution in [0.15, 0.2) is 54.2 Å². The largest absolute Gasteiger partial charge is 0.508 e. The quantitative estimate of drug-likeness (QED) is 0.448. The summed E-state index contributed by atoms with van der Waals surface area (Å²) in [5, 5.41) is 24.5. The molecule has 3 N–H and O–H groups in total. The number of aromatic hydroxyl groups is 1. The zero-order chi connectivity index (χ0) is 21.2. The van der Waals surface area contributed by atoms with Crippen LogP contribution in [0.4, 0.5) is 0 Å². The number of carbonyl (C=O) groups excluding carboxylic acids is 1. The van der Waals surface area contributed by atoms with Crippen molar-refractivity contribution in [3.63, 3.8) is 0 Å². The summed E-state index contributed by atoms with van der Waals surface area (Å²) in [6.45, 7) is 6.84. The van der Waals surface area contributed by atoms with Crippen molar-refractivity contribution in [2.75, 3.05) is 13.2 Å². The number of benzene rings is 2. The van der Waals surface area contributed by atoms with Crippen molar-refractivity contribution >= 4 is 5.91 Å². The molecule has 0 aliphatic rings. The van der Waals surface area contributed by atoms with Crippen molar-refractivity contribution in [2.24, 2.45) is 0 Å². The minimum atomic E-state index is -0.430. The fourth-order valence-electron chi connectivity index (χ4n) is 2.82. The third kappa shape index (κ3) is 6.58. The Balaban J connectivity index is 1.96. The number of ether oxygens (including phenoxy) is 1. The van der Waals surface area contributed by atoms with Gasteiger partial charge in [0.2, 0.25) is 0 Å². The van der Waals surface area contributed by atoms with E-state index >= 15 is 0 Å². The van der Waals surface area contributed by atoms with E-state index in [4.69, 9.17) is 4.74 Å². The van der Waals surface area contributed by atoms with E-state index in [1.807, 2.05) is 45.0 Å². The van der Waals surface area contributed by atoms with Crippen molar-refractivity contribution in [1.29, 1.82) is 5.26 Å². The number of rotatable bonds is 9. The van der Waals surface area contributed by atoms with Crippen molar-refractivity contribution in [1.82, 2.24) is 10.6 Å². The van der Waals surface area contributed by atoms with Gasteiger partial charge in [-0.3, -0.25) is 4.79 Å². The normalized spacial score (nSPS) is 12.0. The minimum absolute atomic E-state index is 0.00756. The summed E-state index contributed by atoms with van der Waals surface area (Å²) in [7, 11) is 0. The first kappa shape index (κ1) is 21.8. The lowest BCUT2D eigenvalue weighted by Gasteiger charge is -2.18. The topological polar surface area (TPSA) is 94.4 Å². The standard InChI is InChI=1S/C23H27N3O3/c1-4-29-22-10-5-16(2)13-21(22)17(3)26-15-19(14-24)23(28)25-12-11-18-6-8-20(27)9-7-18/h5-10,13,15,17,26-27H,4,11-12H2,1-3H3,(H,25,28)/b19-15-. The van der Waals surface area contributed by atoms with E-state index < -0.39 is 5.91 Å². The highest BCUT2D eigenvalue weighted by molar-refractivity contribution is 5.97. The Morgan fingerprint density at radius 2 is 2.00 bits per heavy atom. The zero-order valence-corrected chi connectivity index (χ0v) is 17.0. The molecule has 0 aliphatic carbocycles. The van der Waals surface area contributed by atoms with Gasteiger partial charge < -0.3 is 20.5 Å². The average Bonchev–Trinajstić information content (AvgIpc) is 2.71.